The maximum absolute atomic E-state index is 12.5. The van der Waals surface area contributed by atoms with Crippen molar-refractivity contribution in [2.75, 3.05) is 40.5 Å². The molecule has 0 saturated carbocycles. The topological polar surface area (TPSA) is 220 Å². The Kier molecular flexibility index (Phi) is 19.8. The van der Waals surface area contributed by atoms with E-state index in [1.165, 1.54) is 32.8 Å². The summed E-state index contributed by atoms with van der Waals surface area (Å²) in [5.41, 5.74) is 8.97. The van der Waals surface area contributed by atoms with Gasteiger partial charge in [-0.05, 0) is 98.4 Å². The predicted molar refractivity (Wildman–Crippen MR) is 184 cm³/mol. The van der Waals surface area contributed by atoms with Gasteiger partial charge in [-0.15, -0.1) is 0 Å². The predicted octanol–water partition coefficient (Wildman–Crippen LogP) is 1.84. The second-order valence-corrected chi connectivity index (χ2v) is 12.2. The molecule has 2 amide bonds. The highest BCUT2D eigenvalue weighted by molar-refractivity contribution is 5.93. The number of hydrogen-bond acceptors (Lipinski definition) is 13. The van der Waals surface area contributed by atoms with Crippen LogP contribution in [0, 0.1) is 6.92 Å². The molecule has 2 aromatic heterocycles. The van der Waals surface area contributed by atoms with Gasteiger partial charge in [-0.25, -0.2) is 9.97 Å². The maximum Gasteiger partial charge on any atom is 0.252 e. The Balaban J connectivity index is 0.000000490. The van der Waals surface area contributed by atoms with Crippen LogP contribution in [0.15, 0.2) is 36.9 Å². The first-order valence-electron chi connectivity index (χ1n) is 16.3. The molecule has 2 unspecified atom stereocenters. The number of aryl methyl sites for hydroxylation is 1. The molecule has 2 aromatic rings. The summed E-state index contributed by atoms with van der Waals surface area (Å²) in [6, 6.07) is 2.16. The Bertz CT molecular complexity index is 1280. The van der Waals surface area contributed by atoms with Crippen LogP contribution in [0.25, 0.3) is 0 Å². The minimum atomic E-state index is -1.02. The van der Waals surface area contributed by atoms with Crippen LogP contribution in [0.4, 0.5) is 0 Å². The second kappa shape index (κ2) is 22.6. The first kappa shape index (κ1) is 43.0. The summed E-state index contributed by atoms with van der Waals surface area (Å²) < 4.78 is 21.2. The smallest absolute Gasteiger partial charge is 0.252 e. The molecule has 0 fully saturated rings. The van der Waals surface area contributed by atoms with Gasteiger partial charge in [-0.2, -0.15) is 0 Å². The molecule has 6 N–H and O–H groups in total. The number of unbranched alkanes of at least 4 members (excludes halogenated alkanes) is 2. The lowest BCUT2D eigenvalue weighted by atomic mass is 10.0. The number of amides is 2. The summed E-state index contributed by atoms with van der Waals surface area (Å²) in [4.78, 5) is 61.4. The van der Waals surface area contributed by atoms with Gasteiger partial charge in [-0.3, -0.25) is 24.2 Å². The number of Topliss-reactive ketones (excluding diaryl/α,β-unsaturated/α-hetero) is 2. The maximum atomic E-state index is 12.5. The van der Waals surface area contributed by atoms with Gasteiger partial charge >= 0.3 is 0 Å². The first-order valence-corrected chi connectivity index (χ1v) is 16.3. The van der Waals surface area contributed by atoms with Crippen molar-refractivity contribution in [3.63, 3.8) is 0 Å². The van der Waals surface area contributed by atoms with E-state index in [-0.39, 0.29) is 36.6 Å². The average molecular weight is 690 g/mol. The molecular formula is C34H55N7O8. The van der Waals surface area contributed by atoms with Crippen LogP contribution in [-0.4, -0.2) is 102 Å². The molecular weight excluding hydrogens is 634 g/mol. The average Bonchev–Trinajstić information content (AvgIpc) is 3.10. The molecule has 0 bridgehead atoms. The molecule has 0 aliphatic rings. The van der Waals surface area contributed by atoms with Crippen molar-refractivity contribution in [1.82, 2.24) is 25.6 Å². The Morgan fingerprint density at radius 1 is 0.735 bits per heavy atom. The van der Waals surface area contributed by atoms with Crippen molar-refractivity contribution in [3.05, 3.63) is 42.7 Å². The van der Waals surface area contributed by atoms with Gasteiger partial charge in [0.05, 0.1) is 30.7 Å². The largest absolute Gasteiger partial charge is 0.484 e. The fourth-order valence-corrected chi connectivity index (χ4v) is 3.86. The summed E-state index contributed by atoms with van der Waals surface area (Å²) in [6.07, 6.45) is 10.2. The van der Waals surface area contributed by atoms with E-state index in [1.807, 2.05) is 0 Å². The van der Waals surface area contributed by atoms with Crippen molar-refractivity contribution in [3.8, 4) is 11.5 Å². The van der Waals surface area contributed by atoms with E-state index >= 15 is 0 Å². The zero-order valence-corrected chi connectivity index (χ0v) is 30.0. The number of pyridine rings is 1. The number of carbonyl (C=O) groups excluding carboxylic acids is 4. The Morgan fingerprint density at radius 3 is 1.57 bits per heavy atom. The quantitative estimate of drug-likeness (QED) is 0.130. The number of methoxy groups -OCH3 is 2. The van der Waals surface area contributed by atoms with E-state index in [1.54, 1.807) is 52.9 Å². The summed E-state index contributed by atoms with van der Waals surface area (Å²) in [5, 5.41) is 5.50. The molecule has 0 aliphatic heterocycles. The van der Waals surface area contributed by atoms with Gasteiger partial charge in [0, 0.05) is 20.4 Å². The summed E-state index contributed by atoms with van der Waals surface area (Å²) in [7, 11) is 2.90. The van der Waals surface area contributed by atoms with Crippen LogP contribution in [0.5, 0.6) is 11.5 Å². The number of aromatic nitrogens is 3. The third-order valence-electron chi connectivity index (χ3n) is 7.55. The summed E-state index contributed by atoms with van der Waals surface area (Å²) in [6.45, 7) is 9.12. The van der Waals surface area contributed by atoms with Crippen LogP contribution < -0.4 is 31.6 Å². The molecule has 0 radical (unpaired) electrons. The van der Waals surface area contributed by atoms with E-state index in [9.17, 15) is 19.2 Å². The van der Waals surface area contributed by atoms with E-state index in [0.29, 0.717) is 43.3 Å². The van der Waals surface area contributed by atoms with Crippen molar-refractivity contribution in [1.29, 1.82) is 0 Å². The van der Waals surface area contributed by atoms with Gasteiger partial charge < -0.3 is 41.0 Å². The third-order valence-corrected chi connectivity index (χ3v) is 7.55. The van der Waals surface area contributed by atoms with Gasteiger partial charge in [-0.1, -0.05) is 0 Å². The molecule has 0 spiro atoms. The van der Waals surface area contributed by atoms with E-state index in [4.69, 9.17) is 30.4 Å². The number of carbonyl (C=O) groups is 4. The van der Waals surface area contributed by atoms with Gasteiger partial charge in [0.25, 0.3) is 11.8 Å². The minimum absolute atomic E-state index is 0.132. The Hall–Kier alpha value is -4.05. The zero-order chi connectivity index (χ0) is 36.9. The SMILES string of the molecule is COC(C)(C)C(=O)NC(CCCCN)C(=O)COc1cccnc1.COC(C)(C)C(=O)NC(CCCCN)C(=O)COc1cnc(C)nc1. The summed E-state index contributed by atoms with van der Waals surface area (Å²) in [5.74, 6) is 0.428. The van der Waals surface area contributed by atoms with Gasteiger partial charge in [0.1, 0.15) is 36.0 Å². The molecule has 2 heterocycles. The monoisotopic (exact) mass is 689 g/mol. The van der Waals surface area contributed by atoms with E-state index < -0.39 is 23.3 Å². The lowest BCUT2D eigenvalue weighted by Crippen LogP contribution is -2.51. The molecule has 2 rings (SSSR count). The Labute approximate surface area is 289 Å². The standard InChI is InChI=1S/C17H28N4O4.C17H27N3O4/c1-12-19-9-13(10-20-12)25-11-15(22)14(7-5-6-8-18)21-16(23)17(2,3)24-4;1-17(2,23-3)16(22)20-14(8-4-5-9-18)15(21)12-24-13-7-6-10-19-11-13/h9-10,14H,5-8,11,18H2,1-4H3,(H,21,23);6-7,10-11,14H,4-5,8-9,12,18H2,1-3H3,(H,20,22). The molecule has 0 aromatic carbocycles. The number of ether oxygens (including phenoxy) is 4. The number of ketones is 2. The molecule has 15 heteroatoms. The Morgan fingerprint density at radius 2 is 1.18 bits per heavy atom. The van der Waals surface area contributed by atoms with Crippen LogP contribution in [0.3, 0.4) is 0 Å². The van der Waals surface area contributed by atoms with Crippen molar-refractivity contribution in [2.24, 2.45) is 11.5 Å². The molecule has 2 atom stereocenters. The van der Waals surface area contributed by atoms with E-state index in [0.717, 1.165) is 25.7 Å². The van der Waals surface area contributed by atoms with Gasteiger partial charge in [0.2, 0.25) is 0 Å². The number of nitrogens with one attached hydrogen (secondary N) is 2. The van der Waals surface area contributed by atoms with Crippen LogP contribution in [-0.2, 0) is 28.7 Å². The van der Waals surface area contributed by atoms with Crippen molar-refractivity contribution in [2.45, 2.75) is 96.4 Å². The number of nitrogens with zero attached hydrogens (tertiary/aromatic N) is 3. The fourth-order valence-electron chi connectivity index (χ4n) is 3.86. The normalized spacial score (nSPS) is 12.5. The number of nitrogens with two attached hydrogens (primary N) is 2. The van der Waals surface area contributed by atoms with Gasteiger partial charge in [0.15, 0.2) is 17.3 Å². The third kappa shape index (κ3) is 16.8. The minimum Gasteiger partial charge on any atom is -0.484 e. The zero-order valence-electron chi connectivity index (χ0n) is 30.0. The van der Waals surface area contributed by atoms with E-state index in [2.05, 4.69) is 25.6 Å². The summed E-state index contributed by atoms with van der Waals surface area (Å²) >= 11 is 0. The molecule has 49 heavy (non-hydrogen) atoms. The molecule has 274 valence electrons. The second-order valence-electron chi connectivity index (χ2n) is 12.2. The highest BCUT2D eigenvalue weighted by atomic mass is 16.5. The number of hydrogen-bond donors (Lipinski definition) is 4. The highest BCUT2D eigenvalue weighted by Crippen LogP contribution is 2.13. The van der Waals surface area contributed by atoms with Crippen LogP contribution >= 0.6 is 0 Å². The highest BCUT2D eigenvalue weighted by Gasteiger charge is 2.32. The first-order chi connectivity index (χ1) is 23.2. The molecule has 0 saturated heterocycles. The lowest BCUT2D eigenvalue weighted by Gasteiger charge is -2.25. The lowest BCUT2D eigenvalue weighted by molar-refractivity contribution is -0.142. The molecule has 0 aliphatic carbocycles. The van der Waals surface area contributed by atoms with Crippen molar-refractivity contribution >= 4 is 23.4 Å². The van der Waals surface area contributed by atoms with Crippen LogP contribution in [0.1, 0.15) is 72.0 Å². The van der Waals surface area contributed by atoms with Crippen molar-refractivity contribution < 1.29 is 38.1 Å². The van der Waals surface area contributed by atoms with Crippen LogP contribution in [0.2, 0.25) is 0 Å². The molecule has 15 nitrogen and oxygen atoms in total. The fraction of sp³-hybridized carbons (Fsp3) is 0.618. The number of rotatable bonds is 22.